The highest BCUT2D eigenvalue weighted by molar-refractivity contribution is 5.34. The molecule has 1 N–H and O–H groups in total. The lowest BCUT2D eigenvalue weighted by Gasteiger charge is -2.30. The molecule has 1 saturated carbocycles. The first-order valence-electron chi connectivity index (χ1n) is 6.64. The normalized spacial score (nSPS) is 21.4. The quantitative estimate of drug-likeness (QED) is 0.838. The van der Waals surface area contributed by atoms with Gasteiger partial charge in [-0.25, -0.2) is 9.97 Å². The minimum absolute atomic E-state index is 0.693. The minimum Gasteiger partial charge on any atom is -0.338 e. The smallest absolute Gasteiger partial charge is 0.225 e. The van der Waals surface area contributed by atoms with Gasteiger partial charge in [-0.05, 0) is 25.8 Å². The summed E-state index contributed by atoms with van der Waals surface area (Å²) in [4.78, 5) is 11.6. The van der Waals surface area contributed by atoms with Gasteiger partial charge >= 0.3 is 0 Å². The van der Waals surface area contributed by atoms with Crippen molar-refractivity contribution in [3.05, 3.63) is 17.5 Å². The van der Waals surface area contributed by atoms with Crippen LogP contribution >= 0.6 is 0 Å². The van der Waals surface area contributed by atoms with E-state index in [4.69, 9.17) is 4.98 Å². The number of nitrogens with zero attached hydrogens (tertiary/aromatic N) is 3. The topological polar surface area (TPSA) is 41.1 Å². The first kappa shape index (κ1) is 11.0. The maximum atomic E-state index is 4.77. The number of hydrogen-bond donors (Lipinski definition) is 1. The van der Waals surface area contributed by atoms with E-state index < -0.39 is 0 Å². The van der Waals surface area contributed by atoms with Gasteiger partial charge in [-0.2, -0.15) is 0 Å². The maximum Gasteiger partial charge on any atom is 0.225 e. The van der Waals surface area contributed by atoms with Crippen LogP contribution < -0.4 is 10.2 Å². The third-order valence-corrected chi connectivity index (χ3v) is 3.79. The van der Waals surface area contributed by atoms with Crippen molar-refractivity contribution in [1.82, 2.24) is 15.3 Å². The van der Waals surface area contributed by atoms with E-state index in [-0.39, 0.29) is 0 Å². The molecule has 4 nitrogen and oxygen atoms in total. The first-order chi connectivity index (χ1) is 8.33. The second-order valence-corrected chi connectivity index (χ2v) is 5.10. The number of nitrogens with one attached hydrogen (secondary N) is 1. The highest BCUT2D eigenvalue weighted by Crippen LogP contribution is 2.35. The fourth-order valence-electron chi connectivity index (χ4n) is 2.50. The van der Waals surface area contributed by atoms with Gasteiger partial charge in [0.15, 0.2) is 0 Å². The average Bonchev–Trinajstić information content (AvgIpc) is 2.27. The van der Waals surface area contributed by atoms with Crippen LogP contribution in [0.3, 0.4) is 0 Å². The SMILES string of the molecule is Cc1cc(C2CCC2)nc(N2CCNCC2)n1. The zero-order valence-corrected chi connectivity index (χ0v) is 10.4. The average molecular weight is 232 g/mol. The van der Waals surface area contributed by atoms with Crippen molar-refractivity contribution in [2.75, 3.05) is 31.1 Å². The summed E-state index contributed by atoms with van der Waals surface area (Å²) < 4.78 is 0. The van der Waals surface area contributed by atoms with Gasteiger partial charge in [0, 0.05) is 43.5 Å². The van der Waals surface area contributed by atoms with E-state index >= 15 is 0 Å². The Morgan fingerprint density at radius 2 is 2.00 bits per heavy atom. The summed E-state index contributed by atoms with van der Waals surface area (Å²) in [7, 11) is 0. The first-order valence-corrected chi connectivity index (χ1v) is 6.64. The Morgan fingerprint density at radius 3 is 2.65 bits per heavy atom. The number of aryl methyl sites for hydroxylation is 1. The Labute approximate surface area is 102 Å². The molecule has 3 rings (SSSR count). The molecule has 1 aromatic rings. The largest absolute Gasteiger partial charge is 0.338 e. The molecule has 1 saturated heterocycles. The Kier molecular flexibility index (Phi) is 2.97. The number of aromatic nitrogens is 2. The second-order valence-electron chi connectivity index (χ2n) is 5.10. The maximum absolute atomic E-state index is 4.77. The highest BCUT2D eigenvalue weighted by Gasteiger charge is 2.23. The van der Waals surface area contributed by atoms with E-state index in [1.807, 2.05) is 0 Å². The number of anilines is 1. The van der Waals surface area contributed by atoms with E-state index in [0.717, 1.165) is 37.8 Å². The molecule has 0 atom stereocenters. The van der Waals surface area contributed by atoms with Crippen LogP contribution in [0.25, 0.3) is 0 Å². The molecule has 0 aromatic carbocycles. The lowest BCUT2D eigenvalue weighted by Crippen LogP contribution is -2.44. The van der Waals surface area contributed by atoms with E-state index in [9.17, 15) is 0 Å². The predicted molar refractivity (Wildman–Crippen MR) is 68.4 cm³/mol. The third-order valence-electron chi connectivity index (χ3n) is 3.79. The third kappa shape index (κ3) is 2.27. The summed E-state index contributed by atoms with van der Waals surface area (Å²) in [6.45, 7) is 6.20. The molecule has 2 aliphatic rings. The Balaban J connectivity index is 1.84. The number of hydrogen-bond acceptors (Lipinski definition) is 4. The van der Waals surface area contributed by atoms with Gasteiger partial charge in [-0.15, -0.1) is 0 Å². The summed E-state index contributed by atoms with van der Waals surface area (Å²) in [6.07, 6.45) is 3.96. The molecule has 0 unspecified atom stereocenters. The lowest BCUT2D eigenvalue weighted by molar-refractivity contribution is 0.410. The zero-order chi connectivity index (χ0) is 11.7. The van der Waals surface area contributed by atoms with Gasteiger partial charge < -0.3 is 10.2 Å². The molecule has 17 heavy (non-hydrogen) atoms. The molecular formula is C13H20N4. The minimum atomic E-state index is 0.693. The number of piperazine rings is 1. The van der Waals surface area contributed by atoms with Crippen molar-refractivity contribution in [3.63, 3.8) is 0 Å². The molecule has 1 aliphatic carbocycles. The van der Waals surface area contributed by atoms with Gasteiger partial charge in [0.1, 0.15) is 0 Å². The molecule has 0 radical (unpaired) electrons. The van der Waals surface area contributed by atoms with Crippen LogP contribution in [0.15, 0.2) is 6.07 Å². The van der Waals surface area contributed by atoms with Gasteiger partial charge in [-0.3, -0.25) is 0 Å². The fraction of sp³-hybridized carbons (Fsp3) is 0.692. The van der Waals surface area contributed by atoms with Crippen LogP contribution in [0.4, 0.5) is 5.95 Å². The Morgan fingerprint density at radius 1 is 1.24 bits per heavy atom. The fourth-order valence-corrected chi connectivity index (χ4v) is 2.50. The zero-order valence-electron chi connectivity index (χ0n) is 10.4. The second kappa shape index (κ2) is 4.61. The summed E-state index contributed by atoms with van der Waals surface area (Å²) in [5.74, 6) is 1.63. The van der Waals surface area contributed by atoms with Crippen LogP contribution in [0.1, 0.15) is 36.6 Å². The summed E-state index contributed by atoms with van der Waals surface area (Å²) in [6, 6.07) is 2.16. The molecular weight excluding hydrogens is 212 g/mol. The molecule has 0 bridgehead atoms. The van der Waals surface area contributed by atoms with Crippen molar-refractivity contribution < 1.29 is 0 Å². The predicted octanol–water partition coefficient (Wildman–Crippen LogP) is 1.46. The van der Waals surface area contributed by atoms with Crippen LogP contribution in [-0.2, 0) is 0 Å². The van der Waals surface area contributed by atoms with Crippen LogP contribution in [-0.4, -0.2) is 36.1 Å². The van der Waals surface area contributed by atoms with E-state index in [1.165, 1.54) is 25.0 Å². The highest BCUT2D eigenvalue weighted by atomic mass is 15.3. The molecule has 0 amide bonds. The van der Waals surface area contributed by atoms with Crippen molar-refractivity contribution in [2.45, 2.75) is 32.1 Å². The Bertz CT molecular complexity index is 394. The van der Waals surface area contributed by atoms with E-state index in [0.29, 0.717) is 5.92 Å². The molecule has 2 heterocycles. The lowest BCUT2D eigenvalue weighted by atomic mass is 9.83. The molecule has 4 heteroatoms. The van der Waals surface area contributed by atoms with Crippen molar-refractivity contribution >= 4 is 5.95 Å². The summed E-state index contributed by atoms with van der Waals surface area (Å²) in [5, 5.41) is 3.36. The van der Waals surface area contributed by atoms with Gasteiger partial charge in [0.2, 0.25) is 5.95 Å². The van der Waals surface area contributed by atoms with Crippen molar-refractivity contribution in [2.24, 2.45) is 0 Å². The summed E-state index contributed by atoms with van der Waals surface area (Å²) in [5.41, 5.74) is 2.37. The van der Waals surface area contributed by atoms with E-state index in [2.05, 4.69) is 28.2 Å². The Hall–Kier alpha value is -1.16. The van der Waals surface area contributed by atoms with Crippen molar-refractivity contribution in [1.29, 1.82) is 0 Å². The number of rotatable bonds is 2. The standard InChI is InChI=1S/C13H20N4/c1-10-9-12(11-3-2-4-11)16-13(15-10)17-7-5-14-6-8-17/h9,11,14H,2-8H2,1H3. The van der Waals surface area contributed by atoms with Crippen LogP contribution in [0, 0.1) is 6.92 Å². The molecule has 92 valence electrons. The van der Waals surface area contributed by atoms with Gasteiger partial charge in [-0.1, -0.05) is 6.42 Å². The molecule has 1 aromatic heterocycles. The summed E-state index contributed by atoms with van der Waals surface area (Å²) >= 11 is 0. The van der Waals surface area contributed by atoms with Gasteiger partial charge in [0.05, 0.1) is 0 Å². The molecule has 1 aliphatic heterocycles. The van der Waals surface area contributed by atoms with Crippen molar-refractivity contribution in [3.8, 4) is 0 Å². The monoisotopic (exact) mass is 232 g/mol. The molecule has 2 fully saturated rings. The van der Waals surface area contributed by atoms with E-state index in [1.54, 1.807) is 0 Å². The molecule has 0 spiro atoms. The van der Waals surface area contributed by atoms with Crippen LogP contribution in [0.2, 0.25) is 0 Å². The van der Waals surface area contributed by atoms with Gasteiger partial charge in [0.25, 0.3) is 0 Å². The van der Waals surface area contributed by atoms with Crippen LogP contribution in [0.5, 0.6) is 0 Å².